The van der Waals surface area contributed by atoms with Crippen LogP contribution < -0.4 is 0 Å². The summed E-state index contributed by atoms with van der Waals surface area (Å²) in [4.78, 5) is 23.7. The molecule has 0 aliphatic carbocycles. The topological polar surface area (TPSA) is 139 Å². The molecule has 3 saturated heterocycles. The van der Waals surface area contributed by atoms with Crippen molar-refractivity contribution >= 4 is 52.3 Å². The Bertz CT molecular complexity index is 1740. The highest BCUT2D eigenvalue weighted by atomic mass is 79.9. The minimum atomic E-state index is -0.476. The molecule has 0 bridgehead atoms. The van der Waals surface area contributed by atoms with Crippen LogP contribution in [0, 0.1) is 0 Å². The first kappa shape index (κ1) is 38.8. The number of ether oxygens (including phenoxy) is 2. The number of hydrogen-bond donors (Lipinski definition) is 2. The molecule has 3 aliphatic heterocycles. The first-order valence-electron chi connectivity index (χ1n) is 17.4. The summed E-state index contributed by atoms with van der Waals surface area (Å²) in [6, 6.07) is 3.99. The zero-order valence-electron chi connectivity index (χ0n) is 32.1. The van der Waals surface area contributed by atoms with Crippen LogP contribution in [0.25, 0.3) is 22.3 Å². The highest BCUT2D eigenvalue weighted by Crippen LogP contribution is 2.45. The Hall–Kier alpha value is -2.39. The quantitative estimate of drug-likeness (QED) is 0.200. The fourth-order valence-electron chi connectivity index (χ4n) is 5.33. The number of aromatic nitrogens is 6. The zero-order valence-corrected chi connectivity index (χ0v) is 33.7. The van der Waals surface area contributed by atoms with Gasteiger partial charge in [0.05, 0.1) is 44.6 Å². The Balaban J connectivity index is 0.000000150. The van der Waals surface area contributed by atoms with E-state index in [1.54, 1.807) is 12.4 Å². The first-order valence-corrected chi connectivity index (χ1v) is 18.2. The molecule has 0 aromatic carbocycles. The van der Waals surface area contributed by atoms with Crippen LogP contribution in [0.4, 0.5) is 0 Å². The Morgan fingerprint density at radius 3 is 1.38 bits per heavy atom. The van der Waals surface area contributed by atoms with Crippen molar-refractivity contribution in [2.45, 2.75) is 150 Å². The summed E-state index contributed by atoms with van der Waals surface area (Å²) in [5, 5.41) is 0. The van der Waals surface area contributed by atoms with Gasteiger partial charge in [0.1, 0.15) is 11.6 Å². The van der Waals surface area contributed by atoms with Gasteiger partial charge in [-0.2, -0.15) is 0 Å². The van der Waals surface area contributed by atoms with Gasteiger partial charge in [-0.05, 0) is 111 Å². The van der Waals surface area contributed by atoms with E-state index in [9.17, 15) is 0 Å². The van der Waals surface area contributed by atoms with E-state index in [-0.39, 0.29) is 39.9 Å². The summed E-state index contributed by atoms with van der Waals surface area (Å²) in [5.41, 5.74) is 2.24. The molecule has 3 fully saturated rings. The monoisotopic (exact) mass is 754 g/mol. The van der Waals surface area contributed by atoms with Crippen LogP contribution in [-0.4, -0.2) is 77.5 Å². The van der Waals surface area contributed by atoms with Crippen LogP contribution in [0.2, 0.25) is 0 Å². The number of pyridine rings is 2. The van der Waals surface area contributed by atoms with Gasteiger partial charge < -0.3 is 38.1 Å². The molecule has 7 heterocycles. The molecule has 0 spiro atoms. The summed E-state index contributed by atoms with van der Waals surface area (Å²) in [7, 11) is -0.952. The normalized spacial score (nSPS) is 22.8. The number of fused-ring (bicyclic) bond motifs is 2. The van der Waals surface area contributed by atoms with Gasteiger partial charge in [0.25, 0.3) is 0 Å². The average Bonchev–Trinajstić information content (AvgIpc) is 3.76. The first-order chi connectivity index (χ1) is 23.0. The van der Waals surface area contributed by atoms with Crippen LogP contribution in [-0.2, 0) is 40.9 Å². The Morgan fingerprint density at radius 2 is 0.980 bits per heavy atom. The van der Waals surface area contributed by atoms with Gasteiger partial charge in [-0.25, -0.2) is 19.9 Å². The van der Waals surface area contributed by atoms with Gasteiger partial charge in [0.2, 0.25) is 0 Å². The van der Waals surface area contributed by atoms with E-state index in [1.807, 2.05) is 95.2 Å². The molecular weight excluding hydrogens is 702 g/mol. The van der Waals surface area contributed by atoms with E-state index in [0.717, 1.165) is 56.9 Å². The summed E-state index contributed by atoms with van der Waals surface area (Å²) in [6.07, 6.45) is 4.93. The molecule has 2 N–H and O–H groups in total. The summed E-state index contributed by atoms with van der Waals surface area (Å²) >= 11 is 3.35. The maximum Gasteiger partial charge on any atom is 0.488 e. The lowest BCUT2D eigenvalue weighted by Gasteiger charge is -2.32. The van der Waals surface area contributed by atoms with Crippen molar-refractivity contribution in [2.24, 2.45) is 0 Å². The molecule has 50 heavy (non-hydrogen) atoms. The van der Waals surface area contributed by atoms with Crippen molar-refractivity contribution in [1.29, 1.82) is 0 Å². The lowest BCUT2D eigenvalue weighted by Crippen LogP contribution is -2.41. The molecule has 7 rings (SSSR count). The number of rotatable bonds is 4. The predicted molar refractivity (Wildman–Crippen MR) is 199 cm³/mol. The third-order valence-corrected chi connectivity index (χ3v) is 11.2. The molecule has 3 aliphatic rings. The lowest BCUT2D eigenvalue weighted by molar-refractivity contribution is -0.0896. The predicted octanol–water partition coefficient (Wildman–Crippen LogP) is 7.65. The lowest BCUT2D eigenvalue weighted by atomic mass is 9.49. The van der Waals surface area contributed by atoms with E-state index in [0.29, 0.717) is 0 Å². The standard InChI is InChI=1S/C15H21N3O2.C12H24B2O4.C8H8BrN3/c1-6-11-17-10-7-9(8-16-12(10)18-11)13-19-14(2,3)15(4,5)20-13;1-9(2)10(3,4)16-13(15-9)14-17-11(5,6)12(7,8)18-14;1-2-7-11-6-3-5(9)4-10-8(6)12-7/h7-8,13H,6H2,1-5H3,(H,16,17,18);1-8H3;3-4H,2H2,1H3,(H,10,11,12). The third kappa shape index (κ3) is 7.69. The van der Waals surface area contributed by atoms with Gasteiger partial charge >= 0.3 is 14.0 Å². The minimum Gasteiger partial charge on any atom is -0.405 e. The number of nitrogens with zero attached hydrogens (tertiary/aromatic N) is 4. The second-order valence-electron chi connectivity index (χ2n) is 16.1. The minimum absolute atomic E-state index is 0.338. The van der Waals surface area contributed by atoms with Gasteiger partial charge in [0, 0.05) is 35.3 Å². The van der Waals surface area contributed by atoms with E-state index >= 15 is 0 Å². The van der Waals surface area contributed by atoms with Crippen molar-refractivity contribution in [2.75, 3.05) is 0 Å². The van der Waals surface area contributed by atoms with Crippen molar-refractivity contribution in [3.63, 3.8) is 0 Å². The Kier molecular flexibility index (Phi) is 10.5. The van der Waals surface area contributed by atoms with Crippen LogP contribution in [0.5, 0.6) is 0 Å². The maximum atomic E-state index is 6.04. The maximum absolute atomic E-state index is 6.04. The van der Waals surface area contributed by atoms with Gasteiger partial charge in [0.15, 0.2) is 17.6 Å². The molecule has 15 heteroatoms. The number of aromatic amines is 2. The van der Waals surface area contributed by atoms with Gasteiger partial charge in [-0.15, -0.1) is 0 Å². The van der Waals surface area contributed by atoms with E-state index in [4.69, 9.17) is 28.1 Å². The zero-order chi connectivity index (χ0) is 37.1. The van der Waals surface area contributed by atoms with Crippen molar-refractivity contribution in [3.8, 4) is 0 Å². The van der Waals surface area contributed by atoms with Crippen LogP contribution in [0.15, 0.2) is 29.0 Å². The molecule has 272 valence electrons. The average molecular weight is 755 g/mol. The molecule has 0 atom stereocenters. The van der Waals surface area contributed by atoms with Gasteiger partial charge in [-0.3, -0.25) is 0 Å². The second kappa shape index (κ2) is 13.5. The number of H-pyrrole nitrogens is 2. The molecule has 0 saturated carbocycles. The van der Waals surface area contributed by atoms with Crippen LogP contribution in [0.3, 0.4) is 0 Å². The summed E-state index contributed by atoms with van der Waals surface area (Å²) < 4.78 is 36.9. The molecule has 4 aromatic heterocycles. The molecule has 0 radical (unpaired) electrons. The molecule has 0 amide bonds. The van der Waals surface area contributed by atoms with E-state index < -0.39 is 14.0 Å². The molecule has 4 aromatic rings. The second-order valence-corrected chi connectivity index (χ2v) is 17.0. The number of nitrogens with one attached hydrogen (secondary N) is 2. The van der Waals surface area contributed by atoms with Gasteiger partial charge in [-0.1, -0.05) is 13.8 Å². The van der Waals surface area contributed by atoms with Crippen molar-refractivity contribution < 1.29 is 28.1 Å². The smallest absolute Gasteiger partial charge is 0.405 e. The number of imidazole rings is 2. The Morgan fingerprint density at radius 1 is 0.600 bits per heavy atom. The highest BCUT2D eigenvalue weighted by Gasteiger charge is 2.63. The summed E-state index contributed by atoms with van der Waals surface area (Å²) in [5.74, 6) is 1.93. The van der Waals surface area contributed by atoms with Crippen molar-refractivity contribution in [3.05, 3.63) is 46.2 Å². The van der Waals surface area contributed by atoms with E-state index in [1.165, 1.54) is 0 Å². The largest absolute Gasteiger partial charge is 0.488 e. The van der Waals surface area contributed by atoms with Crippen LogP contribution in [0.1, 0.15) is 120 Å². The number of aryl methyl sites for hydroxylation is 2. The number of hydrogen-bond acceptors (Lipinski definition) is 10. The van der Waals surface area contributed by atoms with Crippen LogP contribution >= 0.6 is 15.9 Å². The van der Waals surface area contributed by atoms with Crippen molar-refractivity contribution in [1.82, 2.24) is 29.9 Å². The SMILES string of the molecule is CC1(C)OB(B2OC(C)(C)C(C)(C)O2)OC1(C)C.CCc1nc2ncc(Br)cc2[nH]1.CCc1nc2ncc(C3OC(C)(C)C(C)(C)O3)cc2[nH]1. The number of halogens is 1. The van der Waals surface area contributed by atoms with E-state index in [2.05, 4.69) is 59.7 Å². The Labute approximate surface area is 305 Å². The molecule has 0 unspecified atom stereocenters. The molecule has 12 nitrogen and oxygen atoms in total. The third-order valence-electron chi connectivity index (χ3n) is 10.7. The highest BCUT2D eigenvalue weighted by molar-refractivity contribution is 9.10. The molecular formula is C35H53B2BrN6O6. The summed E-state index contributed by atoms with van der Waals surface area (Å²) in [6.45, 7) is 28.5. The fraction of sp³-hybridized carbons (Fsp3) is 0.657. The fourth-order valence-corrected chi connectivity index (χ4v) is 5.66.